The molecule has 0 radical (unpaired) electrons. The second kappa shape index (κ2) is 11.5. The fourth-order valence-corrected chi connectivity index (χ4v) is 4.01. The monoisotopic (exact) mass is 374 g/mol. The first-order valence-corrected chi connectivity index (χ1v) is 12.4. The number of aliphatic hydroxyl groups excluding tert-OH is 1. The van der Waals surface area contributed by atoms with Crippen molar-refractivity contribution in [2.24, 2.45) is 11.8 Å². The van der Waals surface area contributed by atoms with Crippen LogP contribution in [0.2, 0.25) is 18.1 Å². The van der Waals surface area contributed by atoms with Crippen molar-refractivity contribution in [1.82, 2.24) is 0 Å². The zero-order valence-electron chi connectivity index (χ0n) is 17.8. The minimum Gasteiger partial charge on any atom is -0.413 e. The molecule has 5 heteroatoms. The third kappa shape index (κ3) is 8.82. The lowest BCUT2D eigenvalue weighted by Gasteiger charge is -2.41. The SMILES string of the molecule is C=C[C@H](C)[C@H](CC[C@@H](C)[C@H](CCO)OCOC)O[Si](C)(C)C(C)(C)C. The van der Waals surface area contributed by atoms with E-state index in [4.69, 9.17) is 13.9 Å². The normalized spacial score (nSPS) is 17.8. The van der Waals surface area contributed by atoms with E-state index in [9.17, 15) is 5.11 Å². The van der Waals surface area contributed by atoms with Crippen LogP contribution in [0, 0.1) is 11.8 Å². The van der Waals surface area contributed by atoms with Gasteiger partial charge in [0.2, 0.25) is 0 Å². The average Bonchev–Trinajstić information content (AvgIpc) is 2.53. The molecule has 0 saturated heterocycles. The Hall–Kier alpha value is -0.203. The Morgan fingerprint density at radius 1 is 1.08 bits per heavy atom. The van der Waals surface area contributed by atoms with Crippen molar-refractivity contribution in [2.75, 3.05) is 20.5 Å². The molecular weight excluding hydrogens is 332 g/mol. The fourth-order valence-electron chi connectivity index (χ4n) is 2.56. The van der Waals surface area contributed by atoms with Gasteiger partial charge in [0.1, 0.15) is 6.79 Å². The second-order valence-electron chi connectivity index (χ2n) is 8.69. The predicted octanol–water partition coefficient (Wildman–Crippen LogP) is 4.99. The summed E-state index contributed by atoms with van der Waals surface area (Å²) in [4.78, 5) is 0. The van der Waals surface area contributed by atoms with E-state index >= 15 is 0 Å². The third-order valence-corrected chi connectivity index (χ3v) is 10.1. The van der Waals surface area contributed by atoms with Crippen LogP contribution in [0.1, 0.15) is 53.9 Å². The summed E-state index contributed by atoms with van der Waals surface area (Å²) >= 11 is 0. The number of hydrogen-bond acceptors (Lipinski definition) is 4. The number of ether oxygens (including phenoxy) is 2. The van der Waals surface area contributed by atoms with Gasteiger partial charge in [-0.2, -0.15) is 0 Å². The Bertz CT molecular complexity index is 365. The highest BCUT2D eigenvalue weighted by atomic mass is 28.4. The van der Waals surface area contributed by atoms with Crippen molar-refractivity contribution in [3.05, 3.63) is 12.7 Å². The number of methoxy groups -OCH3 is 1. The molecular formula is C20H42O4Si. The van der Waals surface area contributed by atoms with Gasteiger partial charge in [-0.15, -0.1) is 6.58 Å². The van der Waals surface area contributed by atoms with Gasteiger partial charge in [0.05, 0.1) is 12.2 Å². The average molecular weight is 375 g/mol. The summed E-state index contributed by atoms with van der Waals surface area (Å²) in [5.74, 6) is 0.655. The lowest BCUT2D eigenvalue weighted by molar-refractivity contribution is -0.0969. The van der Waals surface area contributed by atoms with Crippen LogP contribution in [0.3, 0.4) is 0 Å². The lowest BCUT2D eigenvalue weighted by Crippen LogP contribution is -2.45. The number of hydrogen-bond donors (Lipinski definition) is 1. The molecule has 150 valence electrons. The molecule has 0 aliphatic rings. The molecule has 0 bridgehead atoms. The summed E-state index contributed by atoms with van der Waals surface area (Å²) in [6.07, 6.45) is 4.78. The van der Waals surface area contributed by atoms with Crippen molar-refractivity contribution in [2.45, 2.75) is 84.2 Å². The Balaban J connectivity index is 4.89. The molecule has 0 heterocycles. The highest BCUT2D eigenvalue weighted by molar-refractivity contribution is 6.74. The molecule has 0 aliphatic carbocycles. The van der Waals surface area contributed by atoms with Gasteiger partial charge in [-0.05, 0) is 49.2 Å². The molecule has 0 spiro atoms. The van der Waals surface area contributed by atoms with E-state index in [0.29, 0.717) is 18.3 Å². The van der Waals surface area contributed by atoms with Crippen LogP contribution in [0.5, 0.6) is 0 Å². The van der Waals surface area contributed by atoms with Gasteiger partial charge in [0.25, 0.3) is 0 Å². The third-order valence-electron chi connectivity index (χ3n) is 5.57. The molecule has 0 aromatic rings. The molecule has 0 aromatic heterocycles. The molecule has 0 fully saturated rings. The van der Waals surface area contributed by atoms with E-state index in [1.807, 2.05) is 6.08 Å². The molecule has 0 unspecified atom stereocenters. The summed E-state index contributed by atoms with van der Waals surface area (Å²) in [7, 11) is -0.201. The first kappa shape index (κ1) is 24.8. The molecule has 25 heavy (non-hydrogen) atoms. The van der Waals surface area contributed by atoms with E-state index < -0.39 is 8.32 Å². The molecule has 0 saturated carbocycles. The molecule has 0 rings (SSSR count). The van der Waals surface area contributed by atoms with E-state index in [1.165, 1.54) is 0 Å². The maximum Gasteiger partial charge on any atom is 0.192 e. The molecule has 0 aromatic carbocycles. The van der Waals surface area contributed by atoms with Gasteiger partial charge in [0, 0.05) is 13.7 Å². The van der Waals surface area contributed by atoms with Crippen LogP contribution in [-0.2, 0) is 13.9 Å². The Labute approximate surface area is 157 Å². The summed E-state index contributed by atoms with van der Waals surface area (Å²) in [6, 6.07) is 0. The van der Waals surface area contributed by atoms with Crippen LogP contribution in [0.15, 0.2) is 12.7 Å². The summed E-state index contributed by atoms with van der Waals surface area (Å²) in [5, 5.41) is 9.47. The molecule has 0 amide bonds. The lowest BCUT2D eigenvalue weighted by atomic mass is 9.92. The standard InChI is InChI=1S/C20H42O4Si/c1-10-16(2)19(24-25(8,9)20(4,5)6)12-11-17(3)18(13-14-21)23-15-22-7/h10,16-19,21H,1,11-15H2,2-9H3/t16-,17+,18-,19-/m0/s1. The van der Waals surface area contributed by atoms with Gasteiger partial charge in [-0.1, -0.05) is 40.7 Å². The maximum absolute atomic E-state index is 9.28. The van der Waals surface area contributed by atoms with E-state index in [0.717, 1.165) is 12.8 Å². The molecule has 1 N–H and O–H groups in total. The van der Waals surface area contributed by atoms with Crippen LogP contribution < -0.4 is 0 Å². The fraction of sp³-hybridized carbons (Fsp3) is 0.900. The van der Waals surface area contributed by atoms with Crippen molar-refractivity contribution in [1.29, 1.82) is 0 Å². The highest BCUT2D eigenvalue weighted by Gasteiger charge is 2.39. The van der Waals surface area contributed by atoms with Gasteiger partial charge >= 0.3 is 0 Å². The van der Waals surface area contributed by atoms with Crippen molar-refractivity contribution in [3.8, 4) is 0 Å². The topological polar surface area (TPSA) is 47.9 Å². The van der Waals surface area contributed by atoms with Crippen LogP contribution >= 0.6 is 0 Å². The Morgan fingerprint density at radius 2 is 1.68 bits per heavy atom. The minimum absolute atomic E-state index is 0.0116. The minimum atomic E-state index is -1.82. The van der Waals surface area contributed by atoms with Crippen molar-refractivity contribution in [3.63, 3.8) is 0 Å². The molecule has 0 aliphatic heterocycles. The molecule has 4 nitrogen and oxygen atoms in total. The first-order valence-electron chi connectivity index (χ1n) is 9.52. The molecule has 4 atom stereocenters. The smallest absolute Gasteiger partial charge is 0.192 e. The van der Waals surface area contributed by atoms with E-state index in [2.05, 4.69) is 54.3 Å². The first-order chi connectivity index (χ1) is 11.5. The quantitative estimate of drug-likeness (QED) is 0.280. The second-order valence-corrected chi connectivity index (χ2v) is 13.4. The van der Waals surface area contributed by atoms with Gasteiger partial charge in [0.15, 0.2) is 8.32 Å². The zero-order valence-corrected chi connectivity index (χ0v) is 18.8. The van der Waals surface area contributed by atoms with Crippen molar-refractivity contribution < 1.29 is 19.0 Å². The van der Waals surface area contributed by atoms with Crippen LogP contribution in [0.25, 0.3) is 0 Å². The predicted molar refractivity (Wildman–Crippen MR) is 108 cm³/mol. The number of aliphatic hydroxyl groups is 1. The largest absolute Gasteiger partial charge is 0.413 e. The summed E-state index contributed by atoms with van der Waals surface area (Å²) < 4.78 is 17.4. The number of rotatable bonds is 13. The van der Waals surface area contributed by atoms with Gasteiger partial charge in [-0.3, -0.25) is 0 Å². The van der Waals surface area contributed by atoms with Gasteiger partial charge < -0.3 is 19.0 Å². The highest BCUT2D eigenvalue weighted by Crippen LogP contribution is 2.39. The van der Waals surface area contributed by atoms with Gasteiger partial charge in [-0.25, -0.2) is 0 Å². The van der Waals surface area contributed by atoms with Crippen LogP contribution in [0.4, 0.5) is 0 Å². The maximum atomic E-state index is 9.28. The summed E-state index contributed by atoms with van der Waals surface area (Å²) in [5.41, 5.74) is 0. The van der Waals surface area contributed by atoms with Crippen molar-refractivity contribution >= 4 is 8.32 Å². The summed E-state index contributed by atoms with van der Waals surface area (Å²) in [6.45, 7) is 20.1. The van der Waals surface area contributed by atoms with E-state index in [-0.39, 0.29) is 30.6 Å². The zero-order chi connectivity index (χ0) is 19.7. The van der Waals surface area contributed by atoms with E-state index in [1.54, 1.807) is 7.11 Å². The Kier molecular flexibility index (Phi) is 11.4. The van der Waals surface area contributed by atoms with Crippen LogP contribution in [-0.4, -0.2) is 46.1 Å². The Morgan fingerprint density at radius 3 is 2.12 bits per heavy atom.